The van der Waals surface area contributed by atoms with E-state index in [-0.39, 0.29) is 56.4 Å². The second-order valence-electron chi connectivity index (χ2n) is 19.8. The lowest BCUT2D eigenvalue weighted by atomic mass is 9.33. The van der Waals surface area contributed by atoms with Crippen molar-refractivity contribution in [3.63, 3.8) is 0 Å². The molecule has 1 unspecified atom stereocenters. The topological polar surface area (TPSA) is 92.7 Å². The molecule has 0 radical (unpaired) electrons. The molecule has 8 heteroatoms. The zero-order valence-corrected chi connectivity index (χ0v) is 33.9. The molecule has 0 spiro atoms. The Morgan fingerprint density at radius 2 is 1.71 bits per heavy atom. The van der Waals surface area contributed by atoms with Gasteiger partial charge in [-0.3, -0.25) is 14.4 Å². The number of carboxylic acid groups (broad SMARTS) is 1. The molecule has 288 valence electrons. The highest BCUT2D eigenvalue weighted by atomic mass is 35.5. The fourth-order valence-electron chi connectivity index (χ4n) is 13.1. The van der Waals surface area contributed by atoms with E-state index in [1.807, 2.05) is 0 Å². The second kappa shape index (κ2) is 13.5. The zero-order valence-electron chi connectivity index (χ0n) is 33.1. The van der Waals surface area contributed by atoms with Gasteiger partial charge in [-0.25, -0.2) is 4.39 Å². The van der Waals surface area contributed by atoms with Crippen molar-refractivity contribution >= 4 is 29.3 Å². The Morgan fingerprint density at radius 1 is 1.00 bits per heavy atom. The van der Waals surface area contributed by atoms with E-state index in [1.165, 1.54) is 5.57 Å². The number of carbonyl (C=O) groups excluding carboxylic acids is 2. The minimum Gasteiger partial charge on any atom is -0.481 e. The number of fused-ring (bicyclic) bond motifs is 7. The standard InChI is InChI=1S/C44H63ClFNO5/c1-26(2)35-30(48)23-44(21-22-47-25-27-11-10-12-29(45)37(27)46)20-19-42(8)28(36(35)44)13-14-32-41(7)17-16-33(52-34(49)24-39(3,4)38(50)51)40(5,6)31(41)15-18-43(32,42)9/h10-12,26,28,31-33,47H,13-25H2,1-9H3,(H,50,51)/t28?,31-,32+,33-,41-,42+,43+,44+/m0/s1. The van der Waals surface area contributed by atoms with Crippen LogP contribution in [0.4, 0.5) is 4.39 Å². The van der Waals surface area contributed by atoms with Crippen molar-refractivity contribution in [3.05, 3.63) is 45.7 Å². The van der Waals surface area contributed by atoms with Crippen molar-refractivity contribution in [2.45, 2.75) is 146 Å². The molecule has 2 N–H and O–H groups in total. The molecule has 1 aromatic rings. The molecule has 0 bridgehead atoms. The van der Waals surface area contributed by atoms with Crippen LogP contribution in [-0.2, 0) is 25.7 Å². The number of ether oxygens (including phenoxy) is 1. The van der Waals surface area contributed by atoms with Gasteiger partial charge in [0.25, 0.3) is 0 Å². The van der Waals surface area contributed by atoms with Gasteiger partial charge in [0.2, 0.25) is 0 Å². The molecule has 1 aromatic carbocycles. The Labute approximate surface area is 316 Å². The zero-order chi connectivity index (χ0) is 38.2. The van der Waals surface area contributed by atoms with Gasteiger partial charge in [-0.1, -0.05) is 77.8 Å². The summed E-state index contributed by atoms with van der Waals surface area (Å²) in [7, 11) is 0. The van der Waals surface area contributed by atoms with Crippen LogP contribution in [0, 0.1) is 62.0 Å². The number of carbonyl (C=O) groups is 3. The van der Waals surface area contributed by atoms with Crippen molar-refractivity contribution < 1.29 is 28.6 Å². The number of aliphatic carboxylic acids is 1. The van der Waals surface area contributed by atoms with Gasteiger partial charge in [-0.15, -0.1) is 0 Å². The Balaban J connectivity index is 1.24. The summed E-state index contributed by atoms with van der Waals surface area (Å²) >= 11 is 6.05. The van der Waals surface area contributed by atoms with E-state index in [1.54, 1.807) is 32.0 Å². The maximum absolute atomic E-state index is 14.6. The predicted octanol–water partition coefficient (Wildman–Crippen LogP) is 10.4. The molecule has 5 aliphatic rings. The normalized spacial score (nSPS) is 36.9. The van der Waals surface area contributed by atoms with Crippen molar-refractivity contribution in [2.75, 3.05) is 6.54 Å². The number of hydrogen-bond acceptors (Lipinski definition) is 5. The van der Waals surface area contributed by atoms with Gasteiger partial charge in [0.15, 0.2) is 5.78 Å². The van der Waals surface area contributed by atoms with Gasteiger partial charge < -0.3 is 15.2 Å². The number of hydrogen-bond donors (Lipinski definition) is 2. The number of ketones is 1. The molecule has 52 heavy (non-hydrogen) atoms. The highest BCUT2D eigenvalue weighted by Crippen LogP contribution is 2.77. The van der Waals surface area contributed by atoms with Gasteiger partial charge in [-0.05, 0) is 130 Å². The highest BCUT2D eigenvalue weighted by molar-refractivity contribution is 6.30. The molecule has 8 atom stereocenters. The van der Waals surface area contributed by atoms with Crippen LogP contribution in [0.2, 0.25) is 5.02 Å². The first-order valence-corrected chi connectivity index (χ1v) is 20.4. The van der Waals surface area contributed by atoms with Gasteiger partial charge >= 0.3 is 11.9 Å². The maximum atomic E-state index is 14.6. The van der Waals surface area contributed by atoms with Gasteiger partial charge in [0, 0.05) is 29.4 Å². The number of esters is 1. The summed E-state index contributed by atoms with van der Waals surface area (Å²) in [6.45, 7) is 20.9. The number of allylic oxidation sites excluding steroid dienone is 2. The first-order chi connectivity index (χ1) is 24.1. The van der Waals surface area contributed by atoms with Crippen LogP contribution in [-0.4, -0.2) is 35.5 Å². The summed E-state index contributed by atoms with van der Waals surface area (Å²) < 4.78 is 20.8. The minimum absolute atomic E-state index is 0.0563. The largest absolute Gasteiger partial charge is 0.481 e. The van der Waals surface area contributed by atoms with E-state index in [2.05, 4.69) is 53.8 Å². The van der Waals surface area contributed by atoms with Gasteiger partial charge in [-0.2, -0.15) is 0 Å². The van der Waals surface area contributed by atoms with Crippen LogP contribution in [0.15, 0.2) is 29.3 Å². The molecular formula is C44H63ClFNO5. The third-order valence-electron chi connectivity index (χ3n) is 16.1. The maximum Gasteiger partial charge on any atom is 0.309 e. The van der Waals surface area contributed by atoms with Crippen molar-refractivity contribution in [1.29, 1.82) is 0 Å². The van der Waals surface area contributed by atoms with Crippen LogP contribution in [0.3, 0.4) is 0 Å². The number of nitrogens with one attached hydrogen (secondary N) is 1. The first kappa shape index (κ1) is 39.4. The summed E-state index contributed by atoms with van der Waals surface area (Å²) in [6, 6.07) is 5.13. The van der Waals surface area contributed by atoms with E-state index in [9.17, 15) is 23.9 Å². The molecule has 4 fully saturated rings. The summed E-state index contributed by atoms with van der Waals surface area (Å²) in [5.41, 5.74) is 1.82. The van der Waals surface area contributed by atoms with Gasteiger partial charge in [0.1, 0.15) is 11.9 Å². The molecule has 0 saturated heterocycles. The molecule has 0 aliphatic heterocycles. The van der Waals surface area contributed by atoms with Crippen LogP contribution < -0.4 is 5.32 Å². The fraction of sp³-hybridized carbons (Fsp3) is 0.750. The fourth-order valence-corrected chi connectivity index (χ4v) is 13.3. The van der Waals surface area contributed by atoms with Crippen LogP contribution in [0.25, 0.3) is 0 Å². The predicted molar refractivity (Wildman–Crippen MR) is 203 cm³/mol. The van der Waals surface area contributed by atoms with Crippen molar-refractivity contribution in [1.82, 2.24) is 5.32 Å². The van der Waals surface area contributed by atoms with Crippen LogP contribution >= 0.6 is 11.6 Å². The molecule has 0 amide bonds. The number of halogens is 2. The molecule has 4 saturated carbocycles. The molecule has 6 rings (SSSR count). The van der Waals surface area contributed by atoms with E-state index < -0.39 is 17.4 Å². The lowest BCUT2D eigenvalue weighted by Crippen LogP contribution is -2.65. The first-order valence-electron chi connectivity index (χ1n) is 20.0. The van der Waals surface area contributed by atoms with Crippen molar-refractivity contribution in [3.8, 4) is 0 Å². The molecule has 0 heterocycles. The minimum atomic E-state index is -1.16. The number of Topliss-reactive ketones (excluding diaryl/α,β-unsaturated/α-hetero) is 1. The average molecular weight is 740 g/mol. The Bertz CT molecular complexity index is 1650. The summed E-state index contributed by atoms with van der Waals surface area (Å²) in [5, 5.41) is 13.2. The Morgan fingerprint density at radius 3 is 2.38 bits per heavy atom. The smallest absolute Gasteiger partial charge is 0.309 e. The van der Waals surface area contributed by atoms with E-state index in [4.69, 9.17) is 16.3 Å². The Kier molecular flexibility index (Phi) is 10.2. The van der Waals surface area contributed by atoms with Crippen molar-refractivity contribution in [2.24, 2.45) is 56.2 Å². The van der Waals surface area contributed by atoms with Crippen LogP contribution in [0.1, 0.15) is 139 Å². The summed E-state index contributed by atoms with van der Waals surface area (Å²) in [6.07, 6.45) is 9.37. The third kappa shape index (κ3) is 6.10. The SMILES string of the molecule is CC(C)C1=C2C3CC[C@@H]4[C@@]5(C)CC[C@H](OC(=O)CC(C)(C)C(=O)O)C(C)(C)[C@@H]5CC[C@@]4(C)[C@]3(C)CC[C@@]2(CCNCc2cccc(Cl)c2F)CC1=O. The Hall–Kier alpha value is -2.25. The number of rotatable bonds is 10. The van der Waals surface area contributed by atoms with E-state index >= 15 is 0 Å². The van der Waals surface area contributed by atoms with Gasteiger partial charge in [0.05, 0.1) is 16.9 Å². The molecule has 5 aliphatic carbocycles. The van der Waals surface area contributed by atoms with E-state index in [0.717, 1.165) is 63.4 Å². The monoisotopic (exact) mass is 739 g/mol. The van der Waals surface area contributed by atoms with Crippen LogP contribution in [0.5, 0.6) is 0 Å². The highest BCUT2D eigenvalue weighted by Gasteiger charge is 2.70. The third-order valence-corrected chi connectivity index (χ3v) is 16.4. The quantitative estimate of drug-likeness (QED) is 0.183. The molecular weight excluding hydrogens is 677 g/mol. The van der Waals surface area contributed by atoms with E-state index in [0.29, 0.717) is 48.6 Å². The molecule has 0 aromatic heterocycles. The molecule has 6 nitrogen and oxygen atoms in total. The second-order valence-corrected chi connectivity index (χ2v) is 20.2. The number of benzene rings is 1. The lowest BCUT2D eigenvalue weighted by Gasteiger charge is -2.72. The lowest BCUT2D eigenvalue weighted by molar-refractivity contribution is -0.233. The number of carboxylic acids is 1. The summed E-state index contributed by atoms with van der Waals surface area (Å²) in [5.74, 6) is 0.000384. The summed E-state index contributed by atoms with van der Waals surface area (Å²) in [4.78, 5) is 38.8. The average Bonchev–Trinajstić information content (AvgIpc) is 3.35.